The molecule has 1 N–H and O–H groups in total. The lowest BCUT2D eigenvalue weighted by Crippen LogP contribution is -2.42. The Kier molecular flexibility index (Phi) is 6.71. The number of hydrogen-bond donors (Lipinski definition) is 1. The number of amides is 1. The van der Waals surface area contributed by atoms with E-state index in [1.165, 1.54) is 0 Å². The minimum atomic E-state index is -3.66. The fourth-order valence-corrected chi connectivity index (χ4v) is 4.51. The molecular weight excluding hydrogens is 452 g/mol. The molecule has 1 amide bonds. The van der Waals surface area contributed by atoms with Crippen LogP contribution in [0.1, 0.15) is 17.2 Å². The summed E-state index contributed by atoms with van der Waals surface area (Å²) in [6.07, 6.45) is 1.09. The van der Waals surface area contributed by atoms with E-state index >= 15 is 0 Å². The summed E-state index contributed by atoms with van der Waals surface area (Å²) < 4.78 is 26.4. The highest BCUT2D eigenvalue weighted by Gasteiger charge is 2.24. The number of rotatable bonds is 7. The van der Waals surface area contributed by atoms with Crippen LogP contribution in [0.4, 0.5) is 5.69 Å². The summed E-state index contributed by atoms with van der Waals surface area (Å²) in [6, 6.07) is 25.7. The van der Waals surface area contributed by atoms with Crippen LogP contribution in [-0.2, 0) is 14.8 Å². The van der Waals surface area contributed by atoms with Gasteiger partial charge in [0, 0.05) is 4.47 Å². The second-order valence-electron chi connectivity index (χ2n) is 6.54. The van der Waals surface area contributed by atoms with E-state index in [4.69, 9.17) is 0 Å². The zero-order chi connectivity index (χ0) is 20.9. The van der Waals surface area contributed by atoms with E-state index in [1.807, 2.05) is 60.7 Å². The molecule has 7 heteroatoms. The highest BCUT2D eigenvalue weighted by atomic mass is 79.9. The maximum atomic E-state index is 12.9. The van der Waals surface area contributed by atoms with Crippen molar-refractivity contribution in [2.24, 2.45) is 0 Å². The molecule has 0 aliphatic rings. The molecule has 0 unspecified atom stereocenters. The van der Waals surface area contributed by atoms with Crippen molar-refractivity contribution >= 4 is 37.5 Å². The third-order valence-electron chi connectivity index (χ3n) is 4.38. The third-order valence-corrected chi connectivity index (χ3v) is 6.18. The Hall–Kier alpha value is -2.64. The lowest BCUT2D eigenvalue weighted by molar-refractivity contribution is -0.120. The van der Waals surface area contributed by atoms with Gasteiger partial charge in [-0.2, -0.15) is 0 Å². The first-order valence-electron chi connectivity index (χ1n) is 8.98. The van der Waals surface area contributed by atoms with Gasteiger partial charge in [-0.3, -0.25) is 9.10 Å². The summed E-state index contributed by atoms with van der Waals surface area (Å²) in [5.74, 6) is -0.399. The molecule has 0 aromatic heterocycles. The van der Waals surface area contributed by atoms with Crippen LogP contribution >= 0.6 is 15.9 Å². The molecule has 3 rings (SSSR count). The number of nitrogens with one attached hydrogen (secondary N) is 1. The molecule has 0 radical (unpaired) electrons. The van der Waals surface area contributed by atoms with Crippen LogP contribution in [-0.4, -0.2) is 27.1 Å². The van der Waals surface area contributed by atoms with Crippen LogP contribution in [0.2, 0.25) is 0 Å². The lowest BCUT2D eigenvalue weighted by Gasteiger charge is -2.25. The van der Waals surface area contributed by atoms with Crippen molar-refractivity contribution < 1.29 is 13.2 Å². The molecule has 0 spiro atoms. The summed E-state index contributed by atoms with van der Waals surface area (Å²) in [5, 5.41) is 2.98. The van der Waals surface area contributed by atoms with Crippen LogP contribution in [0.3, 0.4) is 0 Å². The SMILES string of the molecule is CS(=O)(=O)N(CC(=O)NC(c1ccccc1)c1ccccc1)c1ccccc1Br. The number of benzene rings is 3. The predicted molar refractivity (Wildman–Crippen MR) is 119 cm³/mol. The number of nitrogens with zero attached hydrogens (tertiary/aromatic N) is 1. The first kappa shape index (κ1) is 21.1. The molecule has 0 fully saturated rings. The Balaban J connectivity index is 1.88. The van der Waals surface area contributed by atoms with Gasteiger partial charge in [-0.15, -0.1) is 0 Å². The van der Waals surface area contributed by atoms with Crippen LogP contribution in [0.5, 0.6) is 0 Å². The van der Waals surface area contributed by atoms with Crippen molar-refractivity contribution in [3.8, 4) is 0 Å². The standard InChI is InChI=1S/C22H21BrN2O3S/c1-29(27,28)25(20-15-9-8-14-19(20)23)16-21(26)24-22(17-10-4-2-5-11-17)18-12-6-3-7-13-18/h2-15,22H,16H2,1H3,(H,24,26). The Labute approximate surface area is 179 Å². The van der Waals surface area contributed by atoms with Gasteiger partial charge in [-0.05, 0) is 39.2 Å². The second kappa shape index (κ2) is 9.24. The van der Waals surface area contributed by atoms with Gasteiger partial charge in [0.1, 0.15) is 6.54 Å². The smallest absolute Gasteiger partial charge is 0.241 e. The maximum absolute atomic E-state index is 12.9. The van der Waals surface area contributed by atoms with E-state index in [9.17, 15) is 13.2 Å². The molecule has 0 bridgehead atoms. The Morgan fingerprint density at radius 2 is 1.38 bits per heavy atom. The third kappa shape index (κ3) is 5.46. The molecular formula is C22H21BrN2O3S. The van der Waals surface area contributed by atoms with Crippen molar-refractivity contribution in [3.05, 3.63) is 101 Å². The molecule has 0 aliphatic carbocycles. The summed E-state index contributed by atoms with van der Waals surface area (Å²) in [6.45, 7) is -0.322. The van der Waals surface area contributed by atoms with E-state index in [-0.39, 0.29) is 12.6 Å². The zero-order valence-electron chi connectivity index (χ0n) is 15.8. The summed E-state index contributed by atoms with van der Waals surface area (Å²) in [4.78, 5) is 12.9. The number of hydrogen-bond acceptors (Lipinski definition) is 3. The van der Waals surface area contributed by atoms with Gasteiger partial charge >= 0.3 is 0 Å². The molecule has 150 valence electrons. The number of para-hydroxylation sites is 1. The van der Waals surface area contributed by atoms with Crippen molar-refractivity contribution in [2.45, 2.75) is 6.04 Å². The quantitative estimate of drug-likeness (QED) is 0.562. The van der Waals surface area contributed by atoms with E-state index in [0.29, 0.717) is 10.2 Å². The number of halogens is 1. The van der Waals surface area contributed by atoms with Crippen LogP contribution in [0.25, 0.3) is 0 Å². The fourth-order valence-electron chi connectivity index (χ4n) is 3.02. The Morgan fingerprint density at radius 1 is 0.897 bits per heavy atom. The molecule has 0 saturated heterocycles. The molecule has 29 heavy (non-hydrogen) atoms. The molecule has 3 aromatic rings. The average Bonchev–Trinajstić information content (AvgIpc) is 2.71. The van der Waals surface area contributed by atoms with E-state index in [2.05, 4.69) is 21.2 Å². The monoisotopic (exact) mass is 472 g/mol. The van der Waals surface area contributed by atoms with E-state index < -0.39 is 15.9 Å². The molecule has 3 aromatic carbocycles. The molecule has 5 nitrogen and oxygen atoms in total. The zero-order valence-corrected chi connectivity index (χ0v) is 18.2. The number of sulfonamides is 1. The van der Waals surface area contributed by atoms with Gasteiger partial charge in [0.15, 0.2) is 0 Å². The van der Waals surface area contributed by atoms with Crippen LogP contribution in [0, 0.1) is 0 Å². The minimum absolute atomic E-state index is 0.322. The maximum Gasteiger partial charge on any atom is 0.241 e. The Bertz CT molecular complexity index is 1030. The van der Waals surface area contributed by atoms with Gasteiger partial charge in [-0.1, -0.05) is 72.8 Å². The van der Waals surface area contributed by atoms with Gasteiger partial charge in [0.2, 0.25) is 15.9 Å². The molecule has 0 aliphatic heterocycles. The first-order chi connectivity index (χ1) is 13.9. The summed E-state index contributed by atoms with van der Waals surface area (Å²) >= 11 is 3.37. The van der Waals surface area contributed by atoms with Gasteiger partial charge < -0.3 is 5.32 Å². The summed E-state index contributed by atoms with van der Waals surface area (Å²) in [7, 11) is -3.66. The van der Waals surface area contributed by atoms with Crippen molar-refractivity contribution in [1.82, 2.24) is 5.32 Å². The predicted octanol–water partition coefficient (Wildman–Crippen LogP) is 4.12. The number of carbonyl (C=O) groups excluding carboxylic acids is 1. The van der Waals surface area contributed by atoms with E-state index in [0.717, 1.165) is 21.7 Å². The van der Waals surface area contributed by atoms with E-state index in [1.54, 1.807) is 24.3 Å². The van der Waals surface area contributed by atoms with Crippen LogP contribution in [0.15, 0.2) is 89.4 Å². The van der Waals surface area contributed by atoms with Crippen molar-refractivity contribution in [3.63, 3.8) is 0 Å². The highest BCUT2D eigenvalue weighted by Crippen LogP contribution is 2.28. The van der Waals surface area contributed by atoms with Gasteiger partial charge in [0.05, 0.1) is 18.0 Å². The largest absolute Gasteiger partial charge is 0.344 e. The molecule has 0 atom stereocenters. The first-order valence-corrected chi connectivity index (χ1v) is 11.6. The molecule has 0 heterocycles. The lowest BCUT2D eigenvalue weighted by atomic mass is 9.99. The Morgan fingerprint density at radius 3 is 1.86 bits per heavy atom. The highest BCUT2D eigenvalue weighted by molar-refractivity contribution is 9.10. The number of anilines is 1. The van der Waals surface area contributed by atoms with Gasteiger partial charge in [0.25, 0.3) is 0 Å². The van der Waals surface area contributed by atoms with Gasteiger partial charge in [-0.25, -0.2) is 8.42 Å². The molecule has 0 saturated carbocycles. The average molecular weight is 473 g/mol. The normalized spacial score (nSPS) is 11.3. The van der Waals surface area contributed by atoms with Crippen molar-refractivity contribution in [2.75, 3.05) is 17.1 Å². The fraction of sp³-hybridized carbons (Fsp3) is 0.136. The van der Waals surface area contributed by atoms with Crippen molar-refractivity contribution in [1.29, 1.82) is 0 Å². The summed E-state index contributed by atoms with van der Waals surface area (Å²) in [5.41, 5.74) is 2.25. The van der Waals surface area contributed by atoms with Crippen LogP contribution < -0.4 is 9.62 Å². The topological polar surface area (TPSA) is 66.5 Å². The second-order valence-corrected chi connectivity index (χ2v) is 9.30. The number of carbonyl (C=O) groups is 1. The minimum Gasteiger partial charge on any atom is -0.344 e.